The minimum Gasteiger partial charge on any atom is -0.355 e. The molecule has 0 fully saturated rings. The second-order valence-electron chi connectivity index (χ2n) is 7.36. The van der Waals surface area contributed by atoms with E-state index in [0.29, 0.717) is 6.54 Å². The Morgan fingerprint density at radius 2 is 1.75 bits per heavy atom. The highest BCUT2D eigenvalue weighted by atomic mass is 35.5. The first-order valence-electron chi connectivity index (χ1n) is 10.0. The maximum atomic E-state index is 13.4. The van der Waals surface area contributed by atoms with Crippen molar-refractivity contribution in [2.24, 2.45) is 0 Å². The van der Waals surface area contributed by atoms with Crippen LogP contribution in [0.5, 0.6) is 0 Å². The molecule has 0 aromatic heterocycles. The van der Waals surface area contributed by atoms with E-state index in [1.807, 2.05) is 31.2 Å². The average molecular weight is 500 g/mol. The first kappa shape index (κ1) is 26.0. The molecule has 2 aromatic carbocycles. The molecule has 10 heteroatoms. The minimum atomic E-state index is -3.88. The fourth-order valence-electron chi connectivity index (χ4n) is 3.16. The predicted molar refractivity (Wildman–Crippen MR) is 129 cm³/mol. The summed E-state index contributed by atoms with van der Waals surface area (Å²) < 4.78 is 26.0. The van der Waals surface area contributed by atoms with Gasteiger partial charge in [-0.15, -0.1) is 0 Å². The molecule has 0 saturated heterocycles. The van der Waals surface area contributed by atoms with Gasteiger partial charge in [0.25, 0.3) is 0 Å². The second kappa shape index (κ2) is 11.0. The molecule has 0 spiro atoms. The van der Waals surface area contributed by atoms with E-state index in [2.05, 4.69) is 5.32 Å². The number of nitrogens with zero attached hydrogens (tertiary/aromatic N) is 2. The van der Waals surface area contributed by atoms with E-state index in [-0.39, 0.29) is 28.2 Å². The first-order valence-corrected chi connectivity index (χ1v) is 12.6. The van der Waals surface area contributed by atoms with Crippen LogP contribution in [0.4, 0.5) is 5.69 Å². The van der Waals surface area contributed by atoms with Gasteiger partial charge in [-0.1, -0.05) is 53.5 Å². The Bertz CT molecular complexity index is 1090. The number of nitrogens with one attached hydrogen (secondary N) is 1. The van der Waals surface area contributed by atoms with Crippen molar-refractivity contribution in [3.63, 3.8) is 0 Å². The molecule has 2 rings (SSSR count). The Kier molecular flexibility index (Phi) is 8.95. The highest BCUT2D eigenvalue weighted by molar-refractivity contribution is 7.92. The number of hydrogen-bond acceptors (Lipinski definition) is 4. The molecule has 7 nitrogen and oxygen atoms in total. The predicted octanol–water partition coefficient (Wildman–Crippen LogP) is 3.62. The van der Waals surface area contributed by atoms with E-state index >= 15 is 0 Å². The van der Waals surface area contributed by atoms with Crippen LogP contribution in [0, 0.1) is 6.92 Å². The maximum absolute atomic E-state index is 13.4. The van der Waals surface area contributed by atoms with Gasteiger partial charge in [0, 0.05) is 13.1 Å². The van der Waals surface area contributed by atoms with Crippen LogP contribution in [0.25, 0.3) is 0 Å². The Morgan fingerprint density at radius 3 is 2.34 bits per heavy atom. The highest BCUT2D eigenvalue weighted by Crippen LogP contribution is 2.33. The van der Waals surface area contributed by atoms with Gasteiger partial charge in [-0.25, -0.2) is 8.42 Å². The van der Waals surface area contributed by atoms with Gasteiger partial charge in [0.05, 0.1) is 22.0 Å². The number of benzene rings is 2. The number of halogens is 2. The van der Waals surface area contributed by atoms with Crippen LogP contribution in [0.3, 0.4) is 0 Å². The van der Waals surface area contributed by atoms with Crippen LogP contribution in [-0.4, -0.2) is 50.5 Å². The number of anilines is 1. The fraction of sp³-hybridized carbons (Fsp3) is 0.364. The van der Waals surface area contributed by atoms with Gasteiger partial charge in [-0.2, -0.15) is 0 Å². The first-order chi connectivity index (χ1) is 15.0. The molecular weight excluding hydrogens is 473 g/mol. The molecule has 32 heavy (non-hydrogen) atoms. The molecule has 0 aliphatic rings. The molecule has 0 heterocycles. The van der Waals surface area contributed by atoms with E-state index in [1.54, 1.807) is 19.9 Å². The van der Waals surface area contributed by atoms with E-state index in [0.717, 1.165) is 21.7 Å². The lowest BCUT2D eigenvalue weighted by Crippen LogP contribution is -2.51. The summed E-state index contributed by atoms with van der Waals surface area (Å²) in [5, 5.41) is 2.90. The quantitative estimate of drug-likeness (QED) is 0.570. The van der Waals surface area contributed by atoms with Gasteiger partial charge in [-0.05, 0) is 44.0 Å². The van der Waals surface area contributed by atoms with Crippen LogP contribution >= 0.6 is 23.2 Å². The van der Waals surface area contributed by atoms with Crippen LogP contribution in [0.15, 0.2) is 42.5 Å². The van der Waals surface area contributed by atoms with Crippen LogP contribution < -0.4 is 9.62 Å². The van der Waals surface area contributed by atoms with Crippen LogP contribution in [0.1, 0.15) is 25.0 Å². The van der Waals surface area contributed by atoms with Crippen LogP contribution in [-0.2, 0) is 26.2 Å². The SMILES string of the molecule is CCNC(=O)[C@H](C)N(Cc1ccccc1C)C(=O)CN(c1cccc(Cl)c1Cl)S(C)(=O)=O. The van der Waals surface area contributed by atoms with Gasteiger partial charge >= 0.3 is 0 Å². The van der Waals surface area contributed by atoms with Crippen molar-refractivity contribution in [3.05, 3.63) is 63.6 Å². The molecule has 1 atom stereocenters. The standard InChI is InChI=1S/C22H27Cl2N3O4S/c1-5-25-22(29)16(3)26(13-17-10-7-6-9-15(17)2)20(28)14-27(32(4,30)31)19-12-8-11-18(23)21(19)24/h6-12,16H,5,13-14H2,1-4H3,(H,25,29)/t16-/m0/s1. The minimum absolute atomic E-state index is 0.0228. The molecule has 0 aliphatic heterocycles. The largest absolute Gasteiger partial charge is 0.355 e. The zero-order valence-electron chi connectivity index (χ0n) is 18.4. The normalized spacial score (nSPS) is 12.2. The van der Waals surface area contributed by atoms with Gasteiger partial charge in [0.1, 0.15) is 12.6 Å². The Morgan fingerprint density at radius 1 is 1.09 bits per heavy atom. The van der Waals surface area contributed by atoms with Crippen molar-refractivity contribution < 1.29 is 18.0 Å². The van der Waals surface area contributed by atoms with E-state index in [4.69, 9.17) is 23.2 Å². The van der Waals surface area contributed by atoms with Crippen molar-refractivity contribution >= 4 is 50.7 Å². The van der Waals surface area contributed by atoms with E-state index in [1.165, 1.54) is 17.0 Å². The summed E-state index contributed by atoms with van der Waals surface area (Å²) in [5.41, 5.74) is 1.89. The Balaban J connectivity index is 2.45. The number of carbonyl (C=O) groups excluding carboxylic acids is 2. The van der Waals surface area contributed by atoms with E-state index in [9.17, 15) is 18.0 Å². The second-order valence-corrected chi connectivity index (χ2v) is 10.1. The third-order valence-electron chi connectivity index (χ3n) is 5.00. The van der Waals surface area contributed by atoms with Gasteiger partial charge in [0.2, 0.25) is 21.8 Å². The summed E-state index contributed by atoms with van der Waals surface area (Å²) in [4.78, 5) is 27.3. The summed E-state index contributed by atoms with van der Waals surface area (Å²) in [6, 6.07) is 11.2. The van der Waals surface area contributed by atoms with Crippen molar-refractivity contribution in [2.45, 2.75) is 33.4 Å². The molecule has 1 N–H and O–H groups in total. The molecule has 0 saturated carbocycles. The summed E-state index contributed by atoms with van der Waals surface area (Å²) in [7, 11) is -3.88. The summed E-state index contributed by atoms with van der Waals surface area (Å²) in [6.07, 6.45) is 0.983. The third-order valence-corrected chi connectivity index (χ3v) is 6.93. The summed E-state index contributed by atoms with van der Waals surface area (Å²) >= 11 is 12.3. The third kappa shape index (κ3) is 6.37. The number of likely N-dealkylation sites (N-methyl/N-ethyl adjacent to an activating group) is 1. The van der Waals surface area contributed by atoms with Gasteiger partial charge in [0.15, 0.2) is 0 Å². The molecule has 174 valence electrons. The fourth-order valence-corrected chi connectivity index (χ4v) is 4.46. The van der Waals surface area contributed by atoms with Crippen molar-refractivity contribution in [1.82, 2.24) is 10.2 Å². The van der Waals surface area contributed by atoms with Crippen molar-refractivity contribution in [2.75, 3.05) is 23.7 Å². The lowest BCUT2D eigenvalue weighted by atomic mass is 10.1. The Hall–Kier alpha value is -2.29. The molecule has 2 amide bonds. The zero-order chi connectivity index (χ0) is 24.1. The summed E-state index contributed by atoms with van der Waals surface area (Å²) in [5.74, 6) is -0.880. The number of amides is 2. The molecule has 2 aromatic rings. The monoisotopic (exact) mass is 499 g/mol. The molecule has 0 aliphatic carbocycles. The highest BCUT2D eigenvalue weighted by Gasteiger charge is 2.31. The topological polar surface area (TPSA) is 86.8 Å². The van der Waals surface area contributed by atoms with Crippen LogP contribution in [0.2, 0.25) is 10.0 Å². The summed E-state index contributed by atoms with van der Waals surface area (Å²) in [6.45, 7) is 5.31. The number of aryl methyl sites for hydroxylation is 1. The van der Waals surface area contributed by atoms with Gasteiger partial charge in [-0.3, -0.25) is 13.9 Å². The number of carbonyl (C=O) groups is 2. The molecule has 0 radical (unpaired) electrons. The number of hydrogen-bond donors (Lipinski definition) is 1. The lowest BCUT2D eigenvalue weighted by Gasteiger charge is -2.32. The molecule has 0 unspecified atom stereocenters. The zero-order valence-corrected chi connectivity index (χ0v) is 20.8. The van der Waals surface area contributed by atoms with Gasteiger partial charge < -0.3 is 10.2 Å². The van der Waals surface area contributed by atoms with E-state index < -0.39 is 28.5 Å². The average Bonchev–Trinajstić information content (AvgIpc) is 2.72. The van der Waals surface area contributed by atoms with Crippen molar-refractivity contribution in [1.29, 1.82) is 0 Å². The number of rotatable bonds is 9. The maximum Gasteiger partial charge on any atom is 0.244 e. The molecule has 0 bridgehead atoms. The smallest absolute Gasteiger partial charge is 0.244 e. The number of sulfonamides is 1. The van der Waals surface area contributed by atoms with Crippen molar-refractivity contribution in [3.8, 4) is 0 Å². The Labute approximate surface area is 199 Å². The molecular formula is C22H27Cl2N3O4S. The lowest BCUT2D eigenvalue weighted by molar-refractivity contribution is -0.139.